The minimum Gasteiger partial charge on any atom is -0.481 e. The molecule has 12 nitrogen and oxygen atoms in total. The van der Waals surface area contributed by atoms with Gasteiger partial charge in [0.15, 0.2) is 10.8 Å². The fraction of sp³-hybridized carbons (Fsp3) is 0.609. The Balaban J connectivity index is 1.49. The number of piperazine rings is 1. The van der Waals surface area contributed by atoms with Crippen molar-refractivity contribution in [2.24, 2.45) is 10.4 Å². The predicted molar refractivity (Wildman–Crippen MR) is 133 cm³/mol. The number of esters is 1. The van der Waals surface area contributed by atoms with Gasteiger partial charge in [-0.2, -0.15) is 5.01 Å². The summed E-state index contributed by atoms with van der Waals surface area (Å²) in [5.41, 5.74) is 0.243. The van der Waals surface area contributed by atoms with Crippen LogP contribution in [-0.4, -0.2) is 112 Å². The van der Waals surface area contributed by atoms with E-state index in [4.69, 9.17) is 4.74 Å². The molecular weight excluding hydrogens is 486 g/mol. The van der Waals surface area contributed by atoms with Crippen molar-refractivity contribution in [3.63, 3.8) is 0 Å². The Morgan fingerprint density at radius 2 is 2.06 bits per heavy atom. The molecule has 0 aliphatic carbocycles. The number of carbonyl (C=O) groups is 3. The van der Waals surface area contributed by atoms with Crippen molar-refractivity contribution < 1.29 is 24.2 Å². The highest BCUT2D eigenvalue weighted by molar-refractivity contribution is 7.11. The molecule has 0 spiro atoms. The maximum absolute atomic E-state index is 12.6. The highest BCUT2D eigenvalue weighted by Gasteiger charge is 2.45. The van der Waals surface area contributed by atoms with E-state index in [1.165, 1.54) is 18.3 Å². The van der Waals surface area contributed by atoms with E-state index < -0.39 is 11.4 Å². The molecule has 1 aromatic heterocycles. The van der Waals surface area contributed by atoms with E-state index in [1.54, 1.807) is 32.1 Å². The second-order valence-electron chi connectivity index (χ2n) is 9.70. The molecule has 0 bridgehead atoms. The summed E-state index contributed by atoms with van der Waals surface area (Å²) in [5, 5.41) is 21.0. The number of hydrogen-bond donors (Lipinski definition) is 2. The first kappa shape index (κ1) is 26.2. The smallest absolute Gasteiger partial charge is 0.337 e. The molecule has 2 N–H and O–H groups in total. The van der Waals surface area contributed by atoms with Gasteiger partial charge in [-0.25, -0.2) is 19.9 Å². The number of carboxylic acid groups (broad SMARTS) is 1. The monoisotopic (exact) mass is 519 g/mol. The fourth-order valence-electron chi connectivity index (χ4n) is 4.71. The van der Waals surface area contributed by atoms with Crippen LogP contribution in [0.5, 0.6) is 0 Å². The third-order valence-electron chi connectivity index (χ3n) is 6.47. The van der Waals surface area contributed by atoms with Gasteiger partial charge in [0.2, 0.25) is 5.91 Å². The topological polar surface area (TPSA) is 131 Å². The van der Waals surface area contributed by atoms with E-state index >= 15 is 0 Å². The lowest BCUT2D eigenvalue weighted by molar-refractivity contribution is -0.184. The zero-order valence-corrected chi connectivity index (χ0v) is 21.9. The molecule has 0 saturated carbocycles. The van der Waals surface area contributed by atoms with Crippen molar-refractivity contribution in [1.82, 2.24) is 30.3 Å². The molecule has 0 radical (unpaired) electrons. The van der Waals surface area contributed by atoms with E-state index in [1.807, 2.05) is 15.4 Å². The van der Waals surface area contributed by atoms with Crippen molar-refractivity contribution in [2.45, 2.75) is 33.7 Å². The highest BCUT2D eigenvalue weighted by Crippen LogP contribution is 2.28. The summed E-state index contributed by atoms with van der Waals surface area (Å²) in [6, 6.07) is 0.00887. The van der Waals surface area contributed by atoms with Gasteiger partial charge in [-0.1, -0.05) is 0 Å². The fourth-order valence-corrected chi connectivity index (χ4v) is 5.31. The number of fused-ring (bicyclic) bond motifs is 1. The quantitative estimate of drug-likeness (QED) is 0.466. The molecule has 1 aromatic rings. The molecule has 4 rings (SSSR count). The number of hydrazine groups is 2. The predicted octanol–water partition coefficient (Wildman–Crippen LogP) is 0.401. The van der Waals surface area contributed by atoms with E-state index in [0.29, 0.717) is 44.1 Å². The van der Waals surface area contributed by atoms with Crippen LogP contribution >= 0.6 is 11.3 Å². The van der Waals surface area contributed by atoms with Crippen molar-refractivity contribution in [3.05, 3.63) is 27.9 Å². The number of aliphatic carboxylic acids is 1. The summed E-state index contributed by atoms with van der Waals surface area (Å²) in [6.45, 7) is 10.3. The molecule has 1 amide bonds. The Kier molecular flexibility index (Phi) is 7.73. The first-order chi connectivity index (χ1) is 17.1. The van der Waals surface area contributed by atoms with Crippen LogP contribution in [0.15, 0.2) is 27.8 Å². The van der Waals surface area contributed by atoms with Crippen LogP contribution in [0.1, 0.15) is 32.7 Å². The summed E-state index contributed by atoms with van der Waals surface area (Å²) < 4.78 is 5.27. The van der Waals surface area contributed by atoms with Gasteiger partial charge in [0.05, 0.1) is 30.2 Å². The normalized spacial score (nSPS) is 21.7. The number of ether oxygens (including phenoxy) is 1. The number of carboxylic acids is 1. The van der Waals surface area contributed by atoms with Gasteiger partial charge in [-0.15, -0.1) is 11.3 Å². The van der Waals surface area contributed by atoms with E-state index in [-0.39, 0.29) is 37.6 Å². The molecule has 36 heavy (non-hydrogen) atoms. The van der Waals surface area contributed by atoms with E-state index in [2.05, 4.69) is 20.2 Å². The van der Waals surface area contributed by atoms with Crippen LogP contribution in [0, 0.1) is 5.41 Å². The summed E-state index contributed by atoms with van der Waals surface area (Å²) in [5.74, 6) is -0.793. The zero-order chi connectivity index (χ0) is 26.0. The van der Waals surface area contributed by atoms with E-state index in [0.717, 1.165) is 10.7 Å². The maximum Gasteiger partial charge on any atom is 0.337 e. The lowest BCUT2D eigenvalue weighted by Gasteiger charge is -2.41. The average Bonchev–Trinajstić information content (AvgIpc) is 3.46. The van der Waals surface area contributed by atoms with Crippen molar-refractivity contribution in [1.29, 1.82) is 0 Å². The number of aliphatic imine (C=N–C) groups is 1. The lowest BCUT2D eigenvalue weighted by atomic mass is 9.93. The largest absolute Gasteiger partial charge is 0.481 e. The van der Waals surface area contributed by atoms with Crippen LogP contribution in [0.3, 0.4) is 0 Å². The van der Waals surface area contributed by atoms with Gasteiger partial charge in [-0.05, 0) is 20.8 Å². The number of amides is 1. The van der Waals surface area contributed by atoms with Crippen molar-refractivity contribution >= 4 is 35.0 Å². The third kappa shape index (κ3) is 5.43. The van der Waals surface area contributed by atoms with Crippen LogP contribution < -0.4 is 5.32 Å². The second kappa shape index (κ2) is 10.6. The second-order valence-corrected chi connectivity index (χ2v) is 10.6. The van der Waals surface area contributed by atoms with Crippen LogP contribution in [-0.2, 0) is 19.1 Å². The Hall–Kier alpha value is -2.87. The standard InChI is InChI=1S/C23H33N7O5S/c1-5-35-21(32)17-10-25-19(20-24-6-9-36-20)26-18(17)13-27-7-8-29-16(11-27)12-28(30(29)15(2)31)14-23(3,4)22(33)34/h6,9,16H,5,7-8,10-14H2,1-4H3,(H,25,26)(H,33,34). The minimum atomic E-state index is -1.00. The molecule has 3 aliphatic heterocycles. The molecule has 2 fully saturated rings. The summed E-state index contributed by atoms with van der Waals surface area (Å²) in [7, 11) is 0. The van der Waals surface area contributed by atoms with Gasteiger partial charge < -0.3 is 15.2 Å². The number of nitrogens with zero attached hydrogens (tertiary/aromatic N) is 6. The van der Waals surface area contributed by atoms with Gasteiger partial charge >= 0.3 is 11.9 Å². The average molecular weight is 520 g/mol. The van der Waals surface area contributed by atoms with Gasteiger partial charge in [0, 0.05) is 63.5 Å². The Bertz CT molecular complexity index is 1070. The number of nitrogens with one attached hydrogen (secondary N) is 1. The molecular formula is C23H33N7O5S. The number of thiazole rings is 1. The number of amidine groups is 1. The van der Waals surface area contributed by atoms with Crippen molar-refractivity contribution in [2.75, 3.05) is 52.4 Å². The number of carbonyl (C=O) groups excluding carboxylic acids is 2. The molecule has 3 aliphatic rings. The highest BCUT2D eigenvalue weighted by atomic mass is 32.1. The SMILES string of the molecule is CCOC(=O)C1=C(CN2CCN3C(C2)CN(CC(C)(C)C(=O)O)N3C(C)=O)NC(c2nccs2)=NC1. The van der Waals surface area contributed by atoms with Crippen LogP contribution in [0.25, 0.3) is 0 Å². The number of aromatic nitrogens is 1. The number of rotatable bonds is 8. The minimum absolute atomic E-state index is 0.00887. The molecule has 4 heterocycles. The van der Waals surface area contributed by atoms with Gasteiger partial charge in [0.1, 0.15) is 0 Å². The zero-order valence-electron chi connectivity index (χ0n) is 21.1. The Labute approximate surface area is 214 Å². The Morgan fingerprint density at radius 1 is 1.28 bits per heavy atom. The summed E-state index contributed by atoms with van der Waals surface area (Å²) in [4.78, 5) is 47.9. The molecule has 1 unspecified atom stereocenters. The van der Waals surface area contributed by atoms with Crippen LogP contribution in [0.2, 0.25) is 0 Å². The molecule has 2 saturated heterocycles. The van der Waals surface area contributed by atoms with Crippen molar-refractivity contribution in [3.8, 4) is 0 Å². The van der Waals surface area contributed by atoms with E-state index in [9.17, 15) is 19.5 Å². The molecule has 13 heteroatoms. The lowest BCUT2D eigenvalue weighted by Crippen LogP contribution is -2.58. The number of hydrogen-bond acceptors (Lipinski definition) is 11. The molecule has 0 aromatic carbocycles. The Morgan fingerprint density at radius 3 is 2.69 bits per heavy atom. The summed E-state index contributed by atoms with van der Waals surface area (Å²) in [6.07, 6.45) is 1.71. The third-order valence-corrected chi connectivity index (χ3v) is 7.25. The van der Waals surface area contributed by atoms with Crippen LogP contribution in [0.4, 0.5) is 0 Å². The molecule has 1 atom stereocenters. The van der Waals surface area contributed by atoms with Gasteiger partial charge in [0.25, 0.3) is 0 Å². The van der Waals surface area contributed by atoms with Gasteiger partial charge in [-0.3, -0.25) is 19.5 Å². The first-order valence-electron chi connectivity index (χ1n) is 12.0. The summed E-state index contributed by atoms with van der Waals surface area (Å²) >= 11 is 1.47. The maximum atomic E-state index is 12.6. The first-order valence-corrected chi connectivity index (χ1v) is 12.9. The molecule has 196 valence electrons.